The van der Waals surface area contributed by atoms with E-state index in [-0.39, 0.29) is 11.6 Å². The van der Waals surface area contributed by atoms with Gasteiger partial charge in [0.2, 0.25) is 0 Å². The average Bonchev–Trinajstić information content (AvgIpc) is 3.23. The van der Waals surface area contributed by atoms with E-state index in [1.165, 1.54) is 0 Å². The zero-order chi connectivity index (χ0) is 20.7. The number of nitrogens with zero attached hydrogens (tertiary/aromatic N) is 1. The van der Waals surface area contributed by atoms with Gasteiger partial charge in [-0.15, -0.1) is 0 Å². The van der Waals surface area contributed by atoms with Crippen molar-refractivity contribution in [2.75, 3.05) is 0 Å². The van der Waals surface area contributed by atoms with E-state index >= 15 is 0 Å². The van der Waals surface area contributed by atoms with Gasteiger partial charge in [-0.2, -0.15) is 5.10 Å². The third kappa shape index (κ3) is 3.44. The summed E-state index contributed by atoms with van der Waals surface area (Å²) in [5, 5.41) is 6.20. The summed E-state index contributed by atoms with van der Waals surface area (Å²) in [6.45, 7) is 0. The summed E-state index contributed by atoms with van der Waals surface area (Å²) in [6.07, 6.45) is 0.629. The Hall–Kier alpha value is -2.89. The number of rotatable bonds is 3. The molecule has 6 heteroatoms. The van der Waals surface area contributed by atoms with E-state index in [0.717, 1.165) is 37.8 Å². The molecule has 0 fully saturated rings. The molecule has 1 aromatic heterocycles. The first-order valence-electron chi connectivity index (χ1n) is 9.59. The number of aromatic amines is 1. The highest BCUT2D eigenvalue weighted by Crippen LogP contribution is 2.33. The number of H-pyrrole nitrogens is 1. The molecule has 0 aliphatic carbocycles. The SMILES string of the molecule is O=c1[nH]c2ccccc2c(-c2ccc(Cl)cc2)c1C1=NNC(c2ccc(Br)cc2)C1. The topological polar surface area (TPSA) is 57.2 Å². The highest BCUT2D eigenvalue weighted by atomic mass is 79.9. The second-order valence-electron chi connectivity index (χ2n) is 7.25. The van der Waals surface area contributed by atoms with Gasteiger partial charge in [0, 0.05) is 32.4 Å². The molecule has 0 spiro atoms. The van der Waals surface area contributed by atoms with Crippen LogP contribution in [0, 0.1) is 0 Å². The van der Waals surface area contributed by atoms with E-state index < -0.39 is 0 Å². The van der Waals surface area contributed by atoms with E-state index in [9.17, 15) is 4.79 Å². The predicted molar refractivity (Wildman–Crippen MR) is 126 cm³/mol. The van der Waals surface area contributed by atoms with Gasteiger partial charge in [0.1, 0.15) is 0 Å². The number of hydrogen-bond acceptors (Lipinski definition) is 3. The van der Waals surface area contributed by atoms with Gasteiger partial charge in [0.25, 0.3) is 5.56 Å². The molecule has 2 heterocycles. The van der Waals surface area contributed by atoms with Crippen LogP contribution >= 0.6 is 27.5 Å². The molecule has 2 N–H and O–H groups in total. The summed E-state index contributed by atoms with van der Waals surface area (Å²) in [4.78, 5) is 16.2. The number of halogens is 2. The van der Waals surface area contributed by atoms with Crippen molar-refractivity contribution in [1.29, 1.82) is 0 Å². The molecule has 0 bridgehead atoms. The van der Waals surface area contributed by atoms with Crippen LogP contribution in [0.15, 0.2) is 87.2 Å². The Labute approximate surface area is 186 Å². The molecular weight excluding hydrogens is 462 g/mol. The van der Waals surface area contributed by atoms with Crippen LogP contribution in [-0.4, -0.2) is 10.7 Å². The van der Waals surface area contributed by atoms with Crippen LogP contribution in [0.2, 0.25) is 5.02 Å². The molecule has 1 aliphatic rings. The summed E-state index contributed by atoms with van der Waals surface area (Å²) in [5.41, 5.74) is 8.15. The summed E-state index contributed by atoms with van der Waals surface area (Å²) < 4.78 is 1.03. The standard InChI is InChI=1S/C24H17BrClN3O/c25-16-9-5-14(6-10-16)20-13-21(29-28-20)23-22(15-7-11-17(26)12-8-15)18-3-1-2-4-19(18)27-24(23)30/h1-12,20,28H,13H2,(H,27,30). The molecule has 1 aliphatic heterocycles. The van der Waals surface area contributed by atoms with E-state index in [0.29, 0.717) is 17.0 Å². The third-order valence-corrected chi connectivity index (χ3v) is 6.15. The van der Waals surface area contributed by atoms with Crippen LogP contribution in [0.4, 0.5) is 0 Å². The molecule has 0 amide bonds. The van der Waals surface area contributed by atoms with Crippen LogP contribution in [0.25, 0.3) is 22.0 Å². The summed E-state index contributed by atoms with van der Waals surface area (Å²) in [6, 6.07) is 23.6. The smallest absolute Gasteiger partial charge is 0.258 e. The predicted octanol–water partition coefficient (Wildman–Crippen LogP) is 6.05. The minimum Gasteiger partial charge on any atom is -0.321 e. The van der Waals surface area contributed by atoms with Crippen LogP contribution in [0.5, 0.6) is 0 Å². The number of aromatic nitrogens is 1. The minimum atomic E-state index is -0.143. The fourth-order valence-corrected chi connectivity index (χ4v) is 4.31. The first-order chi connectivity index (χ1) is 14.6. The lowest BCUT2D eigenvalue weighted by atomic mass is 9.91. The van der Waals surface area contributed by atoms with Crippen LogP contribution in [-0.2, 0) is 0 Å². The Morgan fingerprint density at radius 2 is 1.67 bits per heavy atom. The van der Waals surface area contributed by atoms with Crippen molar-refractivity contribution in [2.24, 2.45) is 5.10 Å². The molecule has 4 nitrogen and oxygen atoms in total. The lowest BCUT2D eigenvalue weighted by molar-refractivity contribution is 0.620. The van der Waals surface area contributed by atoms with Crippen molar-refractivity contribution in [2.45, 2.75) is 12.5 Å². The Balaban J connectivity index is 1.65. The third-order valence-electron chi connectivity index (χ3n) is 5.37. The second-order valence-corrected chi connectivity index (χ2v) is 8.60. The molecule has 1 unspecified atom stereocenters. The first kappa shape index (κ1) is 19.1. The molecule has 30 heavy (non-hydrogen) atoms. The molecule has 148 valence electrons. The first-order valence-corrected chi connectivity index (χ1v) is 10.8. The summed E-state index contributed by atoms with van der Waals surface area (Å²) >= 11 is 9.58. The lowest BCUT2D eigenvalue weighted by Crippen LogP contribution is -2.20. The number of fused-ring (bicyclic) bond motifs is 1. The molecule has 5 rings (SSSR count). The van der Waals surface area contributed by atoms with Gasteiger partial charge < -0.3 is 10.4 Å². The van der Waals surface area contributed by atoms with Crippen LogP contribution in [0.3, 0.4) is 0 Å². The Morgan fingerprint density at radius 3 is 2.43 bits per heavy atom. The van der Waals surface area contributed by atoms with Crippen molar-refractivity contribution < 1.29 is 0 Å². The number of hydrogen-bond donors (Lipinski definition) is 2. The van der Waals surface area contributed by atoms with E-state index in [1.807, 2.05) is 60.7 Å². The normalized spacial score (nSPS) is 15.8. The quantitative estimate of drug-likeness (QED) is 0.376. The van der Waals surface area contributed by atoms with Gasteiger partial charge in [-0.25, -0.2) is 0 Å². The Kier molecular flexibility index (Phi) is 4.93. The van der Waals surface area contributed by atoms with Crippen molar-refractivity contribution in [3.63, 3.8) is 0 Å². The molecule has 0 saturated carbocycles. The highest BCUT2D eigenvalue weighted by Gasteiger charge is 2.26. The number of benzene rings is 3. The summed E-state index contributed by atoms with van der Waals surface area (Å²) in [7, 11) is 0. The summed E-state index contributed by atoms with van der Waals surface area (Å²) in [5.74, 6) is 0. The average molecular weight is 479 g/mol. The largest absolute Gasteiger partial charge is 0.321 e. The molecule has 3 aromatic carbocycles. The fourth-order valence-electron chi connectivity index (χ4n) is 3.92. The zero-order valence-corrected chi connectivity index (χ0v) is 18.2. The molecule has 0 saturated heterocycles. The number of nitrogens with one attached hydrogen (secondary N) is 2. The Morgan fingerprint density at radius 1 is 0.933 bits per heavy atom. The van der Waals surface area contributed by atoms with Crippen molar-refractivity contribution in [3.05, 3.63) is 104 Å². The van der Waals surface area contributed by atoms with Gasteiger partial charge in [0.15, 0.2) is 0 Å². The van der Waals surface area contributed by atoms with Crippen LogP contribution < -0.4 is 11.0 Å². The van der Waals surface area contributed by atoms with E-state index in [2.05, 4.69) is 43.6 Å². The Bertz CT molecular complexity index is 1330. The minimum absolute atomic E-state index is 0.0250. The van der Waals surface area contributed by atoms with Crippen molar-refractivity contribution >= 4 is 44.1 Å². The second kappa shape index (κ2) is 7.74. The van der Waals surface area contributed by atoms with Gasteiger partial charge in [-0.3, -0.25) is 4.79 Å². The monoisotopic (exact) mass is 477 g/mol. The molecular formula is C24H17BrClN3O. The number of pyridine rings is 1. The van der Waals surface area contributed by atoms with Gasteiger partial charge >= 0.3 is 0 Å². The van der Waals surface area contributed by atoms with Gasteiger partial charge in [-0.05, 0) is 41.5 Å². The van der Waals surface area contributed by atoms with Gasteiger partial charge in [-0.1, -0.05) is 70.0 Å². The molecule has 1 atom stereocenters. The number of para-hydroxylation sites is 1. The van der Waals surface area contributed by atoms with E-state index in [1.54, 1.807) is 0 Å². The lowest BCUT2D eigenvalue weighted by Gasteiger charge is -2.14. The fraction of sp³-hybridized carbons (Fsp3) is 0.0833. The highest BCUT2D eigenvalue weighted by molar-refractivity contribution is 9.10. The molecule has 4 aromatic rings. The molecule has 0 radical (unpaired) electrons. The van der Waals surface area contributed by atoms with Gasteiger partial charge in [0.05, 0.1) is 17.3 Å². The zero-order valence-electron chi connectivity index (χ0n) is 15.8. The van der Waals surface area contributed by atoms with E-state index in [4.69, 9.17) is 11.6 Å². The van der Waals surface area contributed by atoms with Crippen molar-refractivity contribution in [3.8, 4) is 11.1 Å². The maximum atomic E-state index is 13.2. The maximum Gasteiger partial charge on any atom is 0.258 e. The van der Waals surface area contributed by atoms with Crippen LogP contribution in [0.1, 0.15) is 23.6 Å². The van der Waals surface area contributed by atoms with Crippen molar-refractivity contribution in [1.82, 2.24) is 10.4 Å². The number of hydrazone groups is 1. The maximum absolute atomic E-state index is 13.2.